The Balaban J connectivity index is 1.58. The lowest BCUT2D eigenvalue weighted by Crippen LogP contribution is -2.19. The van der Waals surface area contributed by atoms with Crippen molar-refractivity contribution in [2.75, 3.05) is 14.2 Å². The number of carbonyl (C=O) groups excluding carboxylic acids is 1. The highest BCUT2D eigenvalue weighted by atomic mass is 127. The summed E-state index contributed by atoms with van der Waals surface area (Å²) in [5.74, 6) is 0.722. The minimum Gasteiger partial charge on any atom is -0.497 e. The maximum atomic E-state index is 12.8. The summed E-state index contributed by atoms with van der Waals surface area (Å²) in [5, 5.41) is 3.19. The van der Waals surface area contributed by atoms with E-state index in [1.165, 1.54) is 31.0 Å². The molecule has 0 saturated carbocycles. The summed E-state index contributed by atoms with van der Waals surface area (Å²) in [7, 11) is -1.06. The average Bonchev–Trinajstić information content (AvgIpc) is 3.19. The number of amides is 1. The highest BCUT2D eigenvalue weighted by Gasteiger charge is 2.25. The fourth-order valence-electron chi connectivity index (χ4n) is 3.17. The van der Waals surface area contributed by atoms with Crippen LogP contribution >= 0.6 is 34.4 Å². The standard InChI is InChI=1S/C25H21IN2O6S2/c1-15-4-10-19(11-5-15)36(30,31)34-23-20(26)12-16(13-21(23)33-3)14-22-24(29)28-25(35-22)27-17-6-8-18(32-2)9-7-17/h4-14H,1-3H3,(H,27,28,29)/b22-14-. The number of rotatable bonds is 7. The second-order valence-electron chi connectivity index (χ2n) is 7.56. The van der Waals surface area contributed by atoms with Gasteiger partial charge >= 0.3 is 10.1 Å². The van der Waals surface area contributed by atoms with Crippen LogP contribution in [0.1, 0.15) is 11.1 Å². The maximum absolute atomic E-state index is 12.8. The molecule has 0 bridgehead atoms. The van der Waals surface area contributed by atoms with Gasteiger partial charge in [-0.15, -0.1) is 0 Å². The van der Waals surface area contributed by atoms with Gasteiger partial charge in [0.1, 0.15) is 10.6 Å². The molecule has 0 radical (unpaired) electrons. The largest absolute Gasteiger partial charge is 0.497 e. The maximum Gasteiger partial charge on any atom is 0.339 e. The number of carbonyl (C=O) groups is 1. The molecule has 11 heteroatoms. The van der Waals surface area contributed by atoms with E-state index in [1.807, 2.05) is 29.5 Å². The van der Waals surface area contributed by atoms with Crippen LogP contribution in [0.4, 0.5) is 5.69 Å². The molecule has 1 saturated heterocycles. The zero-order chi connectivity index (χ0) is 25.9. The molecule has 0 aliphatic carbocycles. The summed E-state index contributed by atoms with van der Waals surface area (Å²) in [4.78, 5) is 17.4. The zero-order valence-corrected chi connectivity index (χ0v) is 23.2. The molecule has 1 heterocycles. The highest BCUT2D eigenvalue weighted by molar-refractivity contribution is 14.1. The minimum absolute atomic E-state index is 0.0415. The van der Waals surface area contributed by atoms with Crippen LogP contribution in [-0.4, -0.2) is 33.7 Å². The van der Waals surface area contributed by atoms with Crippen molar-refractivity contribution in [2.45, 2.75) is 11.8 Å². The van der Waals surface area contributed by atoms with Gasteiger partial charge in [-0.2, -0.15) is 8.42 Å². The number of amidine groups is 1. The van der Waals surface area contributed by atoms with Crippen molar-refractivity contribution in [3.8, 4) is 17.2 Å². The SMILES string of the molecule is COc1ccc(N=C2NC(=O)/C(=C/c3cc(I)c(OS(=O)(=O)c4ccc(C)cc4)c(OC)c3)S2)cc1. The van der Waals surface area contributed by atoms with Gasteiger partial charge in [0.2, 0.25) is 0 Å². The molecular formula is C25H21IN2O6S2. The Labute approximate surface area is 227 Å². The van der Waals surface area contributed by atoms with Gasteiger partial charge in [0, 0.05) is 0 Å². The van der Waals surface area contributed by atoms with Crippen molar-refractivity contribution in [3.63, 3.8) is 0 Å². The summed E-state index contributed by atoms with van der Waals surface area (Å²) in [5.41, 5.74) is 2.25. The Morgan fingerprint density at radius 2 is 1.69 bits per heavy atom. The molecule has 3 aromatic rings. The van der Waals surface area contributed by atoms with Gasteiger partial charge in [0.25, 0.3) is 5.91 Å². The van der Waals surface area contributed by atoms with Crippen LogP contribution in [0.15, 0.2) is 75.5 Å². The summed E-state index contributed by atoms with van der Waals surface area (Å²) >= 11 is 3.18. The second kappa shape index (κ2) is 10.9. The smallest absolute Gasteiger partial charge is 0.339 e. The first kappa shape index (κ1) is 26.0. The molecule has 1 aliphatic heterocycles. The number of aliphatic imine (C=N–C) groups is 1. The summed E-state index contributed by atoms with van der Waals surface area (Å²) in [6, 6.07) is 16.9. The first-order valence-corrected chi connectivity index (χ1v) is 13.8. The van der Waals surface area contributed by atoms with E-state index in [-0.39, 0.29) is 22.3 Å². The summed E-state index contributed by atoms with van der Waals surface area (Å²) < 4.78 is 42.1. The molecule has 36 heavy (non-hydrogen) atoms. The van der Waals surface area contributed by atoms with Crippen molar-refractivity contribution in [2.24, 2.45) is 4.99 Å². The quantitative estimate of drug-likeness (QED) is 0.214. The van der Waals surface area contributed by atoms with Gasteiger partial charge in [-0.25, -0.2) is 4.99 Å². The predicted octanol–water partition coefficient (Wildman–Crippen LogP) is 5.28. The van der Waals surface area contributed by atoms with E-state index < -0.39 is 10.1 Å². The first-order chi connectivity index (χ1) is 17.2. The van der Waals surface area contributed by atoms with Gasteiger partial charge in [-0.05, 0) is 101 Å². The predicted molar refractivity (Wildman–Crippen MR) is 149 cm³/mol. The number of benzene rings is 3. The Morgan fingerprint density at radius 3 is 2.33 bits per heavy atom. The molecule has 4 rings (SSSR count). The van der Waals surface area contributed by atoms with Gasteiger partial charge < -0.3 is 19.0 Å². The van der Waals surface area contributed by atoms with E-state index in [1.54, 1.807) is 61.7 Å². The molecule has 0 unspecified atom stereocenters. The van der Waals surface area contributed by atoms with E-state index in [4.69, 9.17) is 13.7 Å². The Kier molecular flexibility index (Phi) is 7.91. The topological polar surface area (TPSA) is 103 Å². The van der Waals surface area contributed by atoms with Crippen LogP contribution in [0.5, 0.6) is 17.2 Å². The number of halogens is 1. The fourth-order valence-corrected chi connectivity index (χ4v) is 5.86. The minimum atomic E-state index is -4.06. The number of hydrogen-bond acceptors (Lipinski definition) is 8. The summed E-state index contributed by atoms with van der Waals surface area (Å²) in [6.07, 6.45) is 1.68. The van der Waals surface area contributed by atoms with Crippen LogP contribution in [0.25, 0.3) is 6.08 Å². The number of methoxy groups -OCH3 is 2. The molecule has 0 spiro atoms. The number of nitrogens with one attached hydrogen (secondary N) is 1. The van der Waals surface area contributed by atoms with Gasteiger partial charge in [0.05, 0.1) is 28.4 Å². The molecule has 8 nitrogen and oxygen atoms in total. The lowest BCUT2D eigenvalue weighted by atomic mass is 10.2. The third kappa shape index (κ3) is 6.02. The highest BCUT2D eigenvalue weighted by Crippen LogP contribution is 2.38. The Hall–Kier alpha value is -3.03. The van der Waals surface area contributed by atoms with Gasteiger partial charge in [0.15, 0.2) is 16.7 Å². The molecule has 0 aromatic heterocycles. The van der Waals surface area contributed by atoms with Crippen molar-refractivity contribution in [1.29, 1.82) is 0 Å². The Bertz CT molecular complexity index is 1470. The monoisotopic (exact) mass is 636 g/mol. The molecule has 3 aromatic carbocycles. The van der Waals surface area contributed by atoms with Crippen molar-refractivity contribution in [1.82, 2.24) is 5.32 Å². The van der Waals surface area contributed by atoms with Gasteiger partial charge in [-0.3, -0.25) is 4.79 Å². The molecule has 1 fully saturated rings. The van der Waals surface area contributed by atoms with Crippen molar-refractivity contribution in [3.05, 3.63) is 80.3 Å². The van der Waals surface area contributed by atoms with Crippen LogP contribution in [-0.2, 0) is 14.9 Å². The van der Waals surface area contributed by atoms with E-state index >= 15 is 0 Å². The third-order valence-electron chi connectivity index (χ3n) is 5.01. The van der Waals surface area contributed by atoms with Crippen LogP contribution < -0.4 is 19.0 Å². The third-order valence-corrected chi connectivity index (χ3v) is 7.95. The van der Waals surface area contributed by atoms with E-state index in [0.29, 0.717) is 30.6 Å². The molecule has 0 atom stereocenters. The fraction of sp³-hybridized carbons (Fsp3) is 0.120. The van der Waals surface area contributed by atoms with E-state index in [0.717, 1.165) is 5.56 Å². The first-order valence-electron chi connectivity index (χ1n) is 10.5. The second-order valence-corrected chi connectivity index (χ2v) is 11.3. The van der Waals surface area contributed by atoms with Crippen molar-refractivity contribution < 1.29 is 26.9 Å². The summed E-state index contributed by atoms with van der Waals surface area (Å²) in [6.45, 7) is 1.87. The number of hydrogen-bond donors (Lipinski definition) is 1. The van der Waals surface area contributed by atoms with Crippen LogP contribution in [0.2, 0.25) is 0 Å². The average molecular weight is 636 g/mol. The Morgan fingerprint density at radius 1 is 1.00 bits per heavy atom. The lowest BCUT2D eigenvalue weighted by molar-refractivity contribution is -0.115. The lowest BCUT2D eigenvalue weighted by Gasteiger charge is -2.13. The van der Waals surface area contributed by atoms with Crippen molar-refractivity contribution >= 4 is 67.3 Å². The van der Waals surface area contributed by atoms with Crippen LogP contribution in [0.3, 0.4) is 0 Å². The molecular weight excluding hydrogens is 615 g/mol. The molecule has 1 aliphatic rings. The molecule has 1 amide bonds. The van der Waals surface area contributed by atoms with Crippen LogP contribution in [0, 0.1) is 10.5 Å². The van der Waals surface area contributed by atoms with E-state index in [2.05, 4.69) is 10.3 Å². The number of ether oxygens (including phenoxy) is 2. The number of thioether (sulfide) groups is 1. The van der Waals surface area contributed by atoms with E-state index in [9.17, 15) is 13.2 Å². The zero-order valence-electron chi connectivity index (χ0n) is 19.4. The molecule has 186 valence electrons. The van der Waals surface area contributed by atoms with Gasteiger partial charge in [-0.1, -0.05) is 17.7 Å². The number of aryl methyl sites for hydroxylation is 1. The normalized spacial score (nSPS) is 15.7. The molecule has 1 N–H and O–H groups in total. The number of nitrogens with zero attached hydrogens (tertiary/aromatic N) is 1.